The van der Waals surface area contributed by atoms with Crippen LogP contribution in [0.5, 0.6) is 0 Å². The highest BCUT2D eigenvalue weighted by Gasteiger charge is 2.20. The van der Waals surface area contributed by atoms with Crippen molar-refractivity contribution in [2.24, 2.45) is 0 Å². The van der Waals surface area contributed by atoms with E-state index >= 15 is 0 Å². The summed E-state index contributed by atoms with van der Waals surface area (Å²) in [6.45, 7) is 5.00. The largest absolute Gasteiger partial charge is 0.756 e. The van der Waals surface area contributed by atoms with Crippen LogP contribution in [0, 0.1) is 0 Å². The standard InChI is InChI=1S/C60H96NO7P/c1-6-8-10-12-14-16-18-20-22-24-26-28-30-31-32-33-35-37-39-41-43-45-47-49-51-53-60(62)68-59(58-67-69(63,64)66-56-54-61(3,4)5)57-65-55-52-50-48-46-44-42-40-38-36-34-29-27-25-23-21-19-17-15-13-11-9-7-2/h8-11,14-17,20-23,26-29,31-32,35-38,41-44,59H,6-7,12-13,18-19,24-25,30,33-34,39-40,45-58H2,1-5H3/b10-8-,11-9-,16-14-,17-15-,22-20-,23-21-,28-26-,29-27-,32-31-,37-35-,38-36-,43-41-,44-42-. The van der Waals surface area contributed by atoms with E-state index in [1.165, 1.54) is 0 Å². The average molecular weight is 974 g/mol. The first-order valence-corrected chi connectivity index (χ1v) is 27.7. The molecule has 2 atom stereocenters. The minimum atomic E-state index is -4.57. The summed E-state index contributed by atoms with van der Waals surface area (Å²) in [7, 11) is 1.28. The van der Waals surface area contributed by atoms with Gasteiger partial charge in [-0.3, -0.25) is 9.36 Å². The quantitative estimate of drug-likeness (QED) is 0.0197. The SMILES string of the molecule is CC/C=C\C/C=C\C/C=C\C/C=C\C/C=C\C/C=C\C/C=C\CCCCCC(=O)OC(COCCCCC/C=C\C/C=C\C/C=C\C/C=C\C/C=C\C/C=C\CC)COP(=O)([O-])OCC[N+](C)(C)C. The van der Waals surface area contributed by atoms with Crippen molar-refractivity contribution in [3.63, 3.8) is 0 Å². The molecule has 0 aromatic rings. The third-order valence-corrected chi connectivity index (χ3v) is 11.0. The molecule has 0 saturated carbocycles. The molecule has 0 rings (SSSR count). The molecule has 0 amide bonds. The second kappa shape index (κ2) is 50.5. The predicted octanol–water partition coefficient (Wildman–Crippen LogP) is 16.0. The van der Waals surface area contributed by atoms with Crippen molar-refractivity contribution in [1.29, 1.82) is 0 Å². The van der Waals surface area contributed by atoms with E-state index in [4.69, 9.17) is 18.5 Å². The molecule has 0 N–H and O–H groups in total. The van der Waals surface area contributed by atoms with Crippen LogP contribution < -0.4 is 4.89 Å². The predicted molar refractivity (Wildman–Crippen MR) is 295 cm³/mol. The number of nitrogens with zero attached hydrogens (tertiary/aromatic N) is 1. The van der Waals surface area contributed by atoms with Crippen molar-refractivity contribution in [3.8, 4) is 0 Å². The first kappa shape index (κ1) is 65.1. The number of esters is 1. The zero-order valence-electron chi connectivity index (χ0n) is 43.9. The van der Waals surface area contributed by atoms with Gasteiger partial charge in [-0.25, -0.2) is 0 Å². The fourth-order valence-corrected chi connectivity index (χ4v) is 6.84. The number of phosphoric acid groups is 1. The number of quaternary nitrogens is 1. The Kier molecular flexibility index (Phi) is 47.7. The zero-order chi connectivity index (χ0) is 50.5. The molecule has 0 aromatic carbocycles. The van der Waals surface area contributed by atoms with Crippen molar-refractivity contribution in [1.82, 2.24) is 0 Å². The van der Waals surface area contributed by atoms with E-state index in [0.29, 0.717) is 24.1 Å². The van der Waals surface area contributed by atoms with Crippen LogP contribution in [0.25, 0.3) is 0 Å². The summed E-state index contributed by atoms with van der Waals surface area (Å²) in [5.74, 6) is -0.386. The summed E-state index contributed by atoms with van der Waals surface area (Å²) >= 11 is 0. The highest BCUT2D eigenvalue weighted by molar-refractivity contribution is 7.45. The van der Waals surface area contributed by atoms with Crippen LogP contribution in [0.2, 0.25) is 0 Å². The second-order valence-corrected chi connectivity index (χ2v) is 19.2. The van der Waals surface area contributed by atoms with Crippen LogP contribution in [0.3, 0.4) is 0 Å². The molecule has 0 aliphatic carbocycles. The fraction of sp³-hybridized carbons (Fsp3) is 0.550. The van der Waals surface area contributed by atoms with Crippen molar-refractivity contribution in [3.05, 3.63) is 158 Å². The first-order valence-electron chi connectivity index (χ1n) is 26.2. The zero-order valence-corrected chi connectivity index (χ0v) is 44.8. The molecule has 0 aliphatic rings. The smallest absolute Gasteiger partial charge is 0.306 e. The molecule has 9 heteroatoms. The van der Waals surface area contributed by atoms with Gasteiger partial charge in [0, 0.05) is 13.0 Å². The summed E-state index contributed by atoms with van der Waals surface area (Å²) in [4.78, 5) is 25.2. The van der Waals surface area contributed by atoms with Gasteiger partial charge in [0.15, 0.2) is 0 Å². The van der Waals surface area contributed by atoms with Crippen LogP contribution in [0.15, 0.2) is 158 Å². The maximum atomic E-state index is 12.8. The number of hydrogen-bond donors (Lipinski definition) is 0. The fourth-order valence-electron chi connectivity index (χ4n) is 6.12. The van der Waals surface area contributed by atoms with Gasteiger partial charge >= 0.3 is 5.97 Å². The van der Waals surface area contributed by atoms with E-state index < -0.39 is 13.9 Å². The van der Waals surface area contributed by atoms with Crippen molar-refractivity contribution in [2.75, 3.05) is 54.1 Å². The van der Waals surface area contributed by atoms with Gasteiger partial charge in [-0.1, -0.05) is 185 Å². The van der Waals surface area contributed by atoms with E-state index in [9.17, 15) is 14.3 Å². The number of likely N-dealkylation sites (N-methyl/N-ethyl adjacent to an activating group) is 1. The van der Waals surface area contributed by atoms with Crippen LogP contribution in [0.1, 0.15) is 155 Å². The summed E-state index contributed by atoms with van der Waals surface area (Å²) in [5, 5.41) is 0. The Morgan fingerprint density at radius 2 is 0.797 bits per heavy atom. The van der Waals surface area contributed by atoms with Gasteiger partial charge < -0.3 is 27.9 Å². The molecule has 0 bridgehead atoms. The van der Waals surface area contributed by atoms with Gasteiger partial charge in [0.25, 0.3) is 7.82 Å². The number of ether oxygens (including phenoxy) is 2. The number of carbonyl (C=O) groups is 1. The molecule has 0 aromatic heterocycles. The van der Waals surface area contributed by atoms with Crippen molar-refractivity contribution >= 4 is 13.8 Å². The molecule has 0 aliphatic heterocycles. The Balaban J connectivity index is 4.35. The molecule has 0 heterocycles. The number of unbranched alkanes of at least 4 members (excludes halogenated alkanes) is 6. The molecule has 0 spiro atoms. The summed E-state index contributed by atoms with van der Waals surface area (Å²) in [6, 6.07) is 0. The lowest BCUT2D eigenvalue weighted by molar-refractivity contribution is -0.870. The van der Waals surface area contributed by atoms with Gasteiger partial charge in [0.2, 0.25) is 0 Å². The Morgan fingerprint density at radius 3 is 1.16 bits per heavy atom. The molecular formula is C60H96NO7P. The van der Waals surface area contributed by atoms with Gasteiger partial charge in [-0.2, -0.15) is 0 Å². The van der Waals surface area contributed by atoms with Crippen LogP contribution in [0.4, 0.5) is 0 Å². The maximum absolute atomic E-state index is 12.8. The molecule has 388 valence electrons. The number of hydrogen-bond acceptors (Lipinski definition) is 7. The van der Waals surface area contributed by atoms with E-state index in [0.717, 1.165) is 128 Å². The number of carbonyl (C=O) groups excluding carboxylic acids is 1. The molecule has 0 radical (unpaired) electrons. The molecule has 8 nitrogen and oxygen atoms in total. The van der Waals surface area contributed by atoms with Crippen molar-refractivity contribution in [2.45, 2.75) is 161 Å². The molecule has 2 unspecified atom stereocenters. The Bertz CT molecular complexity index is 1650. The number of allylic oxidation sites excluding steroid dienone is 26. The van der Waals surface area contributed by atoms with Gasteiger partial charge in [-0.05, 0) is 122 Å². The van der Waals surface area contributed by atoms with Gasteiger partial charge in [0.1, 0.15) is 19.3 Å². The normalized spacial score (nSPS) is 14.8. The summed E-state index contributed by atoms with van der Waals surface area (Å²) < 4.78 is 34.7. The summed E-state index contributed by atoms with van der Waals surface area (Å²) in [6.07, 6.45) is 77.0. The van der Waals surface area contributed by atoms with E-state index in [1.54, 1.807) is 0 Å². The van der Waals surface area contributed by atoms with E-state index in [-0.39, 0.29) is 32.2 Å². The third kappa shape index (κ3) is 54.9. The number of phosphoric ester groups is 1. The highest BCUT2D eigenvalue weighted by Crippen LogP contribution is 2.38. The second-order valence-electron chi connectivity index (χ2n) is 17.8. The van der Waals surface area contributed by atoms with E-state index in [1.807, 2.05) is 21.1 Å². The lowest BCUT2D eigenvalue weighted by Gasteiger charge is -2.28. The lowest BCUT2D eigenvalue weighted by Crippen LogP contribution is -2.37. The minimum absolute atomic E-state index is 0.00149. The third-order valence-electron chi connectivity index (χ3n) is 10.1. The van der Waals surface area contributed by atoms with Crippen molar-refractivity contribution < 1.29 is 37.3 Å². The molecule has 0 fully saturated rings. The molecular weight excluding hydrogens is 878 g/mol. The lowest BCUT2D eigenvalue weighted by atomic mass is 10.1. The topological polar surface area (TPSA) is 94.1 Å². The van der Waals surface area contributed by atoms with Crippen LogP contribution in [-0.2, 0) is 27.9 Å². The number of rotatable bonds is 46. The highest BCUT2D eigenvalue weighted by atomic mass is 31.2. The minimum Gasteiger partial charge on any atom is -0.756 e. The monoisotopic (exact) mass is 974 g/mol. The average Bonchev–Trinajstić information content (AvgIpc) is 3.31. The van der Waals surface area contributed by atoms with Crippen LogP contribution >= 0.6 is 7.82 Å². The maximum Gasteiger partial charge on any atom is 0.306 e. The Labute approximate surface area is 422 Å². The Hall–Kier alpha value is -3.88. The summed E-state index contributed by atoms with van der Waals surface area (Å²) in [5.41, 5.74) is 0. The Morgan fingerprint density at radius 1 is 0.449 bits per heavy atom. The van der Waals surface area contributed by atoms with E-state index in [2.05, 4.69) is 172 Å². The van der Waals surface area contributed by atoms with Gasteiger partial charge in [-0.15, -0.1) is 0 Å². The molecule has 0 saturated heterocycles. The van der Waals surface area contributed by atoms with Crippen LogP contribution in [-0.4, -0.2) is 70.7 Å². The first-order chi connectivity index (χ1) is 33.6. The molecule has 69 heavy (non-hydrogen) atoms. The van der Waals surface area contributed by atoms with Gasteiger partial charge in [0.05, 0.1) is 34.4 Å².